The first kappa shape index (κ1) is 18.0. The van der Waals surface area contributed by atoms with Crippen molar-refractivity contribution in [3.05, 3.63) is 28.8 Å². The molecule has 0 unspecified atom stereocenters. The third kappa shape index (κ3) is 6.93. The highest BCUT2D eigenvalue weighted by Crippen LogP contribution is 2.24. The molecule has 0 aliphatic carbocycles. The van der Waals surface area contributed by atoms with Gasteiger partial charge in [0.1, 0.15) is 12.4 Å². The van der Waals surface area contributed by atoms with Crippen LogP contribution in [0.1, 0.15) is 30.0 Å². The predicted molar refractivity (Wildman–Crippen MR) is 86.1 cm³/mol. The number of hydrogen-bond acceptors (Lipinski definition) is 4. The minimum absolute atomic E-state index is 0.568. The first-order chi connectivity index (χ1) is 10.2. The van der Waals surface area contributed by atoms with Crippen LogP contribution in [-0.4, -0.2) is 40.1 Å². The SMILES string of the molecule is CCCNCc1cc(C)c(OCCOCCOC)c(C)c1. The van der Waals surface area contributed by atoms with Crippen molar-refractivity contribution in [3.63, 3.8) is 0 Å². The summed E-state index contributed by atoms with van der Waals surface area (Å²) in [4.78, 5) is 0. The van der Waals surface area contributed by atoms with Crippen LogP contribution in [0.25, 0.3) is 0 Å². The predicted octanol–water partition coefficient (Wildman–Crippen LogP) is 2.84. The Bertz CT molecular complexity index is 384. The first-order valence-corrected chi connectivity index (χ1v) is 7.69. The number of hydrogen-bond donors (Lipinski definition) is 1. The molecule has 1 aromatic carbocycles. The van der Waals surface area contributed by atoms with Gasteiger partial charge in [0.05, 0.1) is 19.8 Å². The van der Waals surface area contributed by atoms with Gasteiger partial charge in [-0.05, 0) is 43.5 Å². The zero-order valence-corrected chi connectivity index (χ0v) is 13.8. The highest BCUT2D eigenvalue weighted by atomic mass is 16.5. The van der Waals surface area contributed by atoms with E-state index in [-0.39, 0.29) is 0 Å². The molecule has 0 aliphatic rings. The number of methoxy groups -OCH3 is 1. The molecule has 0 saturated carbocycles. The van der Waals surface area contributed by atoms with Crippen molar-refractivity contribution in [2.45, 2.75) is 33.7 Å². The van der Waals surface area contributed by atoms with Crippen molar-refractivity contribution < 1.29 is 14.2 Å². The fraction of sp³-hybridized carbons (Fsp3) is 0.647. The largest absolute Gasteiger partial charge is 0.491 e. The van der Waals surface area contributed by atoms with E-state index in [9.17, 15) is 0 Å². The minimum atomic E-state index is 0.568. The number of ether oxygens (including phenoxy) is 3. The highest BCUT2D eigenvalue weighted by molar-refractivity contribution is 5.43. The molecular formula is C17H29NO3. The normalized spacial score (nSPS) is 10.9. The third-order valence-electron chi connectivity index (χ3n) is 3.18. The second-order valence-corrected chi connectivity index (χ2v) is 5.19. The Hall–Kier alpha value is -1.10. The summed E-state index contributed by atoms with van der Waals surface area (Å²) in [5, 5.41) is 3.42. The van der Waals surface area contributed by atoms with Gasteiger partial charge >= 0.3 is 0 Å². The van der Waals surface area contributed by atoms with E-state index in [1.807, 2.05) is 0 Å². The summed E-state index contributed by atoms with van der Waals surface area (Å²) >= 11 is 0. The topological polar surface area (TPSA) is 39.7 Å². The maximum absolute atomic E-state index is 5.84. The molecule has 0 bridgehead atoms. The minimum Gasteiger partial charge on any atom is -0.491 e. The monoisotopic (exact) mass is 295 g/mol. The summed E-state index contributed by atoms with van der Waals surface area (Å²) in [5.74, 6) is 0.976. The molecule has 1 N–H and O–H groups in total. The molecule has 0 spiro atoms. The van der Waals surface area contributed by atoms with Crippen molar-refractivity contribution in [2.24, 2.45) is 0 Å². The smallest absolute Gasteiger partial charge is 0.125 e. The molecule has 0 amide bonds. The molecule has 0 radical (unpaired) electrons. The number of benzene rings is 1. The Morgan fingerprint density at radius 3 is 2.29 bits per heavy atom. The molecule has 0 atom stereocenters. The first-order valence-electron chi connectivity index (χ1n) is 7.69. The molecule has 21 heavy (non-hydrogen) atoms. The Labute approximate surface area is 128 Å². The van der Waals surface area contributed by atoms with Crippen LogP contribution in [0.2, 0.25) is 0 Å². The van der Waals surface area contributed by atoms with Crippen LogP contribution in [0.5, 0.6) is 5.75 Å². The average Bonchev–Trinajstić information content (AvgIpc) is 2.45. The van der Waals surface area contributed by atoms with Crippen LogP contribution < -0.4 is 10.1 Å². The summed E-state index contributed by atoms with van der Waals surface area (Å²) in [6.45, 7) is 10.7. The zero-order valence-electron chi connectivity index (χ0n) is 13.8. The van der Waals surface area contributed by atoms with E-state index in [0.717, 1.165) is 25.3 Å². The molecular weight excluding hydrogens is 266 g/mol. The lowest BCUT2D eigenvalue weighted by atomic mass is 10.1. The molecule has 0 fully saturated rings. The lowest BCUT2D eigenvalue weighted by Crippen LogP contribution is -2.14. The van der Waals surface area contributed by atoms with Crippen LogP contribution in [-0.2, 0) is 16.0 Å². The van der Waals surface area contributed by atoms with E-state index in [2.05, 4.69) is 38.2 Å². The molecule has 0 heterocycles. The van der Waals surface area contributed by atoms with E-state index >= 15 is 0 Å². The fourth-order valence-electron chi connectivity index (χ4n) is 2.23. The summed E-state index contributed by atoms with van der Waals surface area (Å²) in [5.41, 5.74) is 3.67. The van der Waals surface area contributed by atoms with Gasteiger partial charge in [-0.25, -0.2) is 0 Å². The summed E-state index contributed by atoms with van der Waals surface area (Å²) in [7, 11) is 1.67. The second-order valence-electron chi connectivity index (χ2n) is 5.19. The number of aryl methyl sites for hydroxylation is 2. The van der Waals surface area contributed by atoms with Crippen molar-refractivity contribution in [2.75, 3.05) is 40.1 Å². The Balaban J connectivity index is 2.43. The lowest BCUT2D eigenvalue weighted by Gasteiger charge is -2.14. The lowest BCUT2D eigenvalue weighted by molar-refractivity contribution is 0.0542. The zero-order chi connectivity index (χ0) is 15.5. The number of nitrogens with one attached hydrogen (secondary N) is 1. The van der Waals surface area contributed by atoms with E-state index in [0.29, 0.717) is 26.4 Å². The maximum atomic E-state index is 5.84. The van der Waals surface area contributed by atoms with Gasteiger partial charge in [-0.15, -0.1) is 0 Å². The van der Waals surface area contributed by atoms with Gasteiger partial charge in [-0.2, -0.15) is 0 Å². The Morgan fingerprint density at radius 2 is 1.67 bits per heavy atom. The summed E-state index contributed by atoms with van der Waals surface area (Å²) < 4.78 is 16.2. The Kier molecular flexibility index (Phi) is 9.06. The van der Waals surface area contributed by atoms with E-state index in [1.165, 1.54) is 16.7 Å². The number of rotatable bonds is 11. The molecule has 0 saturated heterocycles. The van der Waals surface area contributed by atoms with Crippen molar-refractivity contribution >= 4 is 0 Å². The Morgan fingerprint density at radius 1 is 1.00 bits per heavy atom. The van der Waals surface area contributed by atoms with Gasteiger partial charge in [-0.1, -0.05) is 19.1 Å². The fourth-order valence-corrected chi connectivity index (χ4v) is 2.23. The molecule has 0 aliphatic heterocycles. The van der Waals surface area contributed by atoms with E-state index < -0.39 is 0 Å². The summed E-state index contributed by atoms with van der Waals surface area (Å²) in [6.07, 6.45) is 1.15. The quantitative estimate of drug-likeness (QED) is 0.637. The van der Waals surface area contributed by atoms with E-state index in [4.69, 9.17) is 14.2 Å². The highest BCUT2D eigenvalue weighted by Gasteiger charge is 2.06. The van der Waals surface area contributed by atoms with Crippen LogP contribution in [0.4, 0.5) is 0 Å². The van der Waals surface area contributed by atoms with Crippen LogP contribution in [0, 0.1) is 13.8 Å². The van der Waals surface area contributed by atoms with Crippen LogP contribution in [0.15, 0.2) is 12.1 Å². The summed E-state index contributed by atoms with van der Waals surface area (Å²) in [6, 6.07) is 4.38. The van der Waals surface area contributed by atoms with Gasteiger partial charge in [0.2, 0.25) is 0 Å². The third-order valence-corrected chi connectivity index (χ3v) is 3.18. The van der Waals surface area contributed by atoms with Crippen LogP contribution in [0.3, 0.4) is 0 Å². The molecule has 0 aromatic heterocycles. The average molecular weight is 295 g/mol. The van der Waals surface area contributed by atoms with Crippen LogP contribution >= 0.6 is 0 Å². The molecule has 4 nitrogen and oxygen atoms in total. The van der Waals surface area contributed by atoms with Gasteiger partial charge < -0.3 is 19.5 Å². The second kappa shape index (κ2) is 10.6. The maximum Gasteiger partial charge on any atom is 0.125 e. The van der Waals surface area contributed by atoms with Gasteiger partial charge in [0.25, 0.3) is 0 Å². The van der Waals surface area contributed by atoms with Gasteiger partial charge in [-0.3, -0.25) is 0 Å². The molecule has 1 aromatic rings. The van der Waals surface area contributed by atoms with Crippen molar-refractivity contribution in [1.82, 2.24) is 5.32 Å². The van der Waals surface area contributed by atoms with Crippen molar-refractivity contribution in [3.8, 4) is 5.75 Å². The molecule has 120 valence electrons. The van der Waals surface area contributed by atoms with Gasteiger partial charge in [0, 0.05) is 13.7 Å². The van der Waals surface area contributed by atoms with Gasteiger partial charge in [0.15, 0.2) is 0 Å². The van der Waals surface area contributed by atoms with E-state index in [1.54, 1.807) is 7.11 Å². The standard InChI is InChI=1S/C17H29NO3/c1-5-6-18-13-16-11-14(2)17(15(3)12-16)21-10-9-20-8-7-19-4/h11-12,18H,5-10,13H2,1-4H3. The van der Waals surface area contributed by atoms with Crippen molar-refractivity contribution in [1.29, 1.82) is 0 Å². The molecule has 4 heteroatoms. The molecule has 1 rings (SSSR count).